The predicted octanol–water partition coefficient (Wildman–Crippen LogP) is 1.47. The van der Waals surface area contributed by atoms with Crippen LogP contribution >= 0.6 is 23.2 Å². The summed E-state index contributed by atoms with van der Waals surface area (Å²) in [7, 11) is 0. The minimum Gasteiger partial charge on any atom is -0.481 e. The zero-order chi connectivity index (χ0) is 8.85. The molecular weight excluding hydrogens is 191 g/mol. The SMILES string of the molecule is O=CCC(CC(=O)O)C(Cl)Cl. The number of aliphatic carboxylic acids is 1. The molecule has 0 aliphatic rings. The Hall–Kier alpha value is -0.280. The van der Waals surface area contributed by atoms with Crippen LogP contribution in [-0.2, 0) is 9.59 Å². The molecule has 0 aliphatic heterocycles. The number of carboxylic acid groups (broad SMARTS) is 1. The molecule has 1 unspecified atom stereocenters. The molecule has 3 nitrogen and oxygen atoms in total. The number of carbonyl (C=O) groups excluding carboxylic acids is 1. The molecule has 1 atom stereocenters. The Morgan fingerprint density at radius 1 is 1.55 bits per heavy atom. The van der Waals surface area contributed by atoms with Crippen molar-refractivity contribution in [3.05, 3.63) is 0 Å². The van der Waals surface area contributed by atoms with Gasteiger partial charge in [-0.2, -0.15) is 0 Å². The Balaban J connectivity index is 3.88. The maximum atomic E-state index is 10.2. The summed E-state index contributed by atoms with van der Waals surface area (Å²) in [5.41, 5.74) is 0. The number of halogens is 2. The largest absolute Gasteiger partial charge is 0.481 e. The monoisotopic (exact) mass is 198 g/mol. The lowest BCUT2D eigenvalue weighted by Crippen LogP contribution is -2.14. The summed E-state index contributed by atoms with van der Waals surface area (Å²) in [5.74, 6) is -1.48. The maximum Gasteiger partial charge on any atom is 0.303 e. The Kier molecular flexibility index (Phi) is 5.24. The van der Waals surface area contributed by atoms with E-state index in [0.29, 0.717) is 6.29 Å². The van der Waals surface area contributed by atoms with Crippen LogP contribution in [-0.4, -0.2) is 22.2 Å². The molecule has 0 spiro atoms. The van der Waals surface area contributed by atoms with Gasteiger partial charge in [-0.1, -0.05) is 0 Å². The van der Waals surface area contributed by atoms with Gasteiger partial charge in [0.15, 0.2) is 0 Å². The topological polar surface area (TPSA) is 54.4 Å². The predicted molar refractivity (Wildman–Crippen MR) is 41.9 cm³/mol. The number of carbonyl (C=O) groups is 2. The van der Waals surface area contributed by atoms with Gasteiger partial charge in [0, 0.05) is 12.3 Å². The van der Waals surface area contributed by atoms with E-state index in [0.717, 1.165) is 0 Å². The molecule has 0 aromatic rings. The van der Waals surface area contributed by atoms with E-state index in [2.05, 4.69) is 0 Å². The van der Waals surface area contributed by atoms with Gasteiger partial charge in [-0.25, -0.2) is 0 Å². The molecule has 0 rings (SSSR count). The summed E-state index contributed by atoms with van der Waals surface area (Å²) >= 11 is 10.8. The average Bonchev–Trinajstić information content (AvgIpc) is 1.86. The first-order valence-electron chi connectivity index (χ1n) is 3.01. The summed E-state index contributed by atoms with van der Waals surface area (Å²) in [6, 6.07) is 0. The summed E-state index contributed by atoms with van der Waals surface area (Å²) < 4.78 is 0. The Labute approximate surface area is 74.3 Å². The normalized spacial score (nSPS) is 13.0. The van der Waals surface area contributed by atoms with Crippen molar-refractivity contribution in [2.75, 3.05) is 0 Å². The highest BCUT2D eigenvalue weighted by atomic mass is 35.5. The minimum absolute atomic E-state index is 0.0873. The molecule has 0 aromatic heterocycles. The fourth-order valence-electron chi connectivity index (χ4n) is 0.623. The number of carboxylic acids is 1. The second-order valence-corrected chi connectivity index (χ2v) is 3.26. The Bertz CT molecular complexity index is 147. The van der Waals surface area contributed by atoms with E-state index >= 15 is 0 Å². The van der Waals surface area contributed by atoms with Crippen molar-refractivity contribution >= 4 is 35.5 Å². The highest BCUT2D eigenvalue weighted by Crippen LogP contribution is 2.21. The van der Waals surface area contributed by atoms with E-state index < -0.39 is 16.7 Å². The lowest BCUT2D eigenvalue weighted by molar-refractivity contribution is -0.138. The van der Waals surface area contributed by atoms with Crippen molar-refractivity contribution in [1.82, 2.24) is 0 Å². The van der Waals surface area contributed by atoms with E-state index in [4.69, 9.17) is 28.3 Å². The summed E-state index contributed by atoms with van der Waals surface area (Å²) in [5, 5.41) is 8.33. The molecule has 0 amide bonds. The van der Waals surface area contributed by atoms with Crippen LogP contribution in [0.25, 0.3) is 0 Å². The summed E-state index contributed by atoms with van der Waals surface area (Å²) in [6.45, 7) is 0. The highest BCUT2D eigenvalue weighted by molar-refractivity contribution is 6.44. The second-order valence-electron chi connectivity index (χ2n) is 2.09. The van der Waals surface area contributed by atoms with Crippen LogP contribution in [0.4, 0.5) is 0 Å². The van der Waals surface area contributed by atoms with Crippen LogP contribution in [0.1, 0.15) is 12.8 Å². The second kappa shape index (κ2) is 5.38. The molecule has 0 saturated heterocycles. The standard InChI is InChI=1S/C6H8Cl2O3/c7-6(8)4(1-2-9)3-5(10)11/h2,4,6H,1,3H2,(H,10,11). The average molecular weight is 199 g/mol. The van der Waals surface area contributed by atoms with Gasteiger partial charge in [0.05, 0.1) is 6.42 Å². The van der Waals surface area contributed by atoms with Gasteiger partial charge in [-0.05, 0) is 0 Å². The molecule has 0 saturated carbocycles. The molecule has 0 bridgehead atoms. The van der Waals surface area contributed by atoms with Gasteiger partial charge in [0.2, 0.25) is 0 Å². The van der Waals surface area contributed by atoms with Gasteiger partial charge < -0.3 is 9.90 Å². The van der Waals surface area contributed by atoms with Crippen LogP contribution in [0.2, 0.25) is 0 Å². The van der Waals surface area contributed by atoms with Crippen molar-refractivity contribution in [2.24, 2.45) is 5.92 Å². The van der Waals surface area contributed by atoms with Gasteiger partial charge in [0.1, 0.15) is 11.1 Å². The molecule has 0 radical (unpaired) electrons. The van der Waals surface area contributed by atoms with E-state index in [-0.39, 0.29) is 12.8 Å². The summed E-state index contributed by atoms with van der Waals surface area (Å²) in [4.78, 5) is 19.4. The van der Waals surface area contributed by atoms with E-state index in [9.17, 15) is 9.59 Å². The van der Waals surface area contributed by atoms with Crippen molar-refractivity contribution in [3.8, 4) is 0 Å². The van der Waals surface area contributed by atoms with Crippen molar-refractivity contribution in [2.45, 2.75) is 17.7 Å². The lowest BCUT2D eigenvalue weighted by atomic mass is 10.1. The fraction of sp³-hybridized carbons (Fsp3) is 0.667. The Morgan fingerprint density at radius 3 is 2.36 bits per heavy atom. The third-order valence-corrected chi connectivity index (χ3v) is 1.90. The van der Waals surface area contributed by atoms with Crippen LogP contribution in [0, 0.1) is 5.92 Å². The third kappa shape index (κ3) is 5.04. The van der Waals surface area contributed by atoms with Gasteiger partial charge in [0.25, 0.3) is 0 Å². The van der Waals surface area contributed by atoms with E-state index in [1.807, 2.05) is 0 Å². The molecule has 5 heteroatoms. The van der Waals surface area contributed by atoms with Gasteiger partial charge >= 0.3 is 5.97 Å². The zero-order valence-electron chi connectivity index (χ0n) is 5.67. The van der Waals surface area contributed by atoms with Crippen molar-refractivity contribution in [3.63, 3.8) is 0 Å². The van der Waals surface area contributed by atoms with Gasteiger partial charge in [-0.3, -0.25) is 4.79 Å². The molecule has 64 valence electrons. The Morgan fingerprint density at radius 2 is 2.09 bits per heavy atom. The van der Waals surface area contributed by atoms with Crippen LogP contribution in [0.15, 0.2) is 0 Å². The van der Waals surface area contributed by atoms with E-state index in [1.165, 1.54) is 0 Å². The number of hydrogen-bond acceptors (Lipinski definition) is 2. The lowest BCUT2D eigenvalue weighted by Gasteiger charge is -2.10. The third-order valence-electron chi connectivity index (χ3n) is 1.19. The molecular formula is C6H8Cl2O3. The molecule has 0 aliphatic carbocycles. The van der Waals surface area contributed by atoms with Crippen LogP contribution in [0.5, 0.6) is 0 Å². The van der Waals surface area contributed by atoms with Crippen molar-refractivity contribution < 1.29 is 14.7 Å². The number of hydrogen-bond donors (Lipinski definition) is 1. The number of aldehydes is 1. The molecule has 0 fully saturated rings. The first kappa shape index (κ1) is 10.7. The highest BCUT2D eigenvalue weighted by Gasteiger charge is 2.19. The first-order chi connectivity index (χ1) is 5.07. The van der Waals surface area contributed by atoms with Gasteiger partial charge in [-0.15, -0.1) is 23.2 Å². The van der Waals surface area contributed by atoms with Crippen LogP contribution < -0.4 is 0 Å². The molecule has 0 heterocycles. The van der Waals surface area contributed by atoms with E-state index in [1.54, 1.807) is 0 Å². The summed E-state index contributed by atoms with van der Waals surface area (Å²) in [6.07, 6.45) is 0.533. The molecule has 11 heavy (non-hydrogen) atoms. The molecule has 1 N–H and O–H groups in total. The zero-order valence-corrected chi connectivity index (χ0v) is 7.18. The fourth-order valence-corrected chi connectivity index (χ4v) is 1.01. The molecule has 0 aromatic carbocycles. The maximum absolute atomic E-state index is 10.2. The smallest absolute Gasteiger partial charge is 0.303 e. The quantitative estimate of drug-likeness (QED) is 0.538. The first-order valence-corrected chi connectivity index (χ1v) is 3.88. The van der Waals surface area contributed by atoms with Crippen molar-refractivity contribution in [1.29, 1.82) is 0 Å². The minimum atomic E-state index is -0.997. The van der Waals surface area contributed by atoms with Crippen LogP contribution in [0.3, 0.4) is 0 Å². The number of alkyl halides is 2. The number of rotatable bonds is 5.